The molecule has 0 bridgehead atoms. The maximum absolute atomic E-state index is 12.2. The Hall–Kier alpha value is -2.67. The third kappa shape index (κ3) is 3.88. The minimum absolute atomic E-state index is 0.152. The number of methoxy groups -OCH3 is 1. The zero-order valence-corrected chi connectivity index (χ0v) is 15.4. The molecule has 0 unspecified atom stereocenters. The number of amides is 1. The van der Waals surface area contributed by atoms with Gasteiger partial charge in [0.25, 0.3) is 5.91 Å². The van der Waals surface area contributed by atoms with E-state index in [1.54, 1.807) is 13.3 Å². The fourth-order valence-corrected chi connectivity index (χ4v) is 2.93. The standard InChI is InChI=1S/C18H17BrN4O2/c1-12-21-15-5-3-4-6-16(15)23(12)11-18(24)22-20-10-13-9-14(19)7-8-17(13)25-2/h3-10H,11H2,1-2H3,(H,22,24)/b20-10+. The Kier molecular flexibility index (Phi) is 5.14. The maximum Gasteiger partial charge on any atom is 0.260 e. The average molecular weight is 401 g/mol. The van der Waals surface area contributed by atoms with Crippen LogP contribution in [-0.4, -0.2) is 28.8 Å². The average Bonchev–Trinajstić information content (AvgIpc) is 2.91. The summed E-state index contributed by atoms with van der Waals surface area (Å²) in [6, 6.07) is 13.3. The van der Waals surface area contributed by atoms with Crippen LogP contribution in [0.3, 0.4) is 0 Å². The van der Waals surface area contributed by atoms with E-state index in [0.717, 1.165) is 26.9 Å². The molecule has 128 valence electrons. The van der Waals surface area contributed by atoms with Crippen molar-refractivity contribution in [3.05, 3.63) is 58.3 Å². The fourth-order valence-electron chi connectivity index (χ4n) is 2.55. The van der Waals surface area contributed by atoms with Gasteiger partial charge in [0, 0.05) is 10.0 Å². The number of carbonyl (C=O) groups is 1. The first kappa shape index (κ1) is 17.2. The number of ether oxygens (including phenoxy) is 1. The van der Waals surface area contributed by atoms with E-state index < -0.39 is 0 Å². The molecule has 1 heterocycles. The van der Waals surface area contributed by atoms with Crippen LogP contribution in [0, 0.1) is 6.92 Å². The van der Waals surface area contributed by atoms with E-state index in [0.29, 0.717) is 5.75 Å². The molecule has 3 aromatic rings. The Morgan fingerprint density at radius 2 is 2.16 bits per heavy atom. The fraction of sp³-hybridized carbons (Fsp3) is 0.167. The van der Waals surface area contributed by atoms with Gasteiger partial charge in [0.1, 0.15) is 18.1 Å². The number of aromatic nitrogens is 2. The van der Waals surface area contributed by atoms with Gasteiger partial charge in [-0.05, 0) is 37.3 Å². The van der Waals surface area contributed by atoms with E-state index in [2.05, 4.69) is 31.4 Å². The molecule has 0 saturated heterocycles. The lowest BCUT2D eigenvalue weighted by molar-refractivity contribution is -0.121. The second-order valence-electron chi connectivity index (χ2n) is 5.41. The van der Waals surface area contributed by atoms with Crippen molar-refractivity contribution in [3.8, 4) is 5.75 Å². The Labute approximate surface area is 153 Å². The van der Waals surface area contributed by atoms with E-state index in [-0.39, 0.29) is 12.5 Å². The van der Waals surface area contributed by atoms with Crippen LogP contribution in [0.4, 0.5) is 0 Å². The number of para-hydroxylation sites is 2. The van der Waals surface area contributed by atoms with Gasteiger partial charge in [-0.3, -0.25) is 4.79 Å². The van der Waals surface area contributed by atoms with Crippen molar-refractivity contribution in [1.29, 1.82) is 0 Å². The van der Waals surface area contributed by atoms with Crippen molar-refractivity contribution in [2.24, 2.45) is 5.10 Å². The number of hydrogen-bond acceptors (Lipinski definition) is 4. The number of benzene rings is 2. The quantitative estimate of drug-likeness (QED) is 0.527. The molecule has 0 spiro atoms. The number of halogens is 1. The minimum atomic E-state index is -0.225. The summed E-state index contributed by atoms with van der Waals surface area (Å²) in [5.41, 5.74) is 5.10. The van der Waals surface area contributed by atoms with Crippen LogP contribution in [-0.2, 0) is 11.3 Å². The number of rotatable bonds is 5. The molecule has 7 heteroatoms. The van der Waals surface area contributed by atoms with E-state index in [1.165, 1.54) is 0 Å². The van der Waals surface area contributed by atoms with Gasteiger partial charge >= 0.3 is 0 Å². The number of hydrazone groups is 1. The molecular weight excluding hydrogens is 384 g/mol. The first-order valence-corrected chi connectivity index (χ1v) is 8.45. The molecule has 0 aliphatic rings. The lowest BCUT2D eigenvalue weighted by atomic mass is 10.2. The third-order valence-corrected chi connectivity index (χ3v) is 4.23. The van der Waals surface area contributed by atoms with Gasteiger partial charge in [0.05, 0.1) is 24.4 Å². The predicted octanol–water partition coefficient (Wildman–Crippen LogP) is 3.27. The summed E-state index contributed by atoms with van der Waals surface area (Å²) < 4.78 is 8.04. The molecule has 1 N–H and O–H groups in total. The molecule has 25 heavy (non-hydrogen) atoms. The Morgan fingerprint density at radius 1 is 1.36 bits per heavy atom. The van der Waals surface area contributed by atoms with Crippen molar-refractivity contribution >= 4 is 39.1 Å². The molecule has 0 radical (unpaired) electrons. The highest BCUT2D eigenvalue weighted by Crippen LogP contribution is 2.21. The SMILES string of the molecule is COc1ccc(Br)cc1/C=N/NC(=O)Cn1c(C)nc2ccccc21. The Bertz CT molecular complexity index is 949. The maximum atomic E-state index is 12.2. The van der Waals surface area contributed by atoms with Gasteiger partial charge in [0.15, 0.2) is 0 Å². The second-order valence-corrected chi connectivity index (χ2v) is 6.33. The molecular formula is C18H17BrN4O2. The summed E-state index contributed by atoms with van der Waals surface area (Å²) in [6.45, 7) is 2.03. The first-order chi connectivity index (χ1) is 12.1. The Balaban J connectivity index is 1.71. The van der Waals surface area contributed by atoms with Crippen molar-refractivity contribution in [1.82, 2.24) is 15.0 Å². The number of aryl methyl sites for hydroxylation is 1. The van der Waals surface area contributed by atoms with E-state index in [1.807, 2.05) is 54.0 Å². The van der Waals surface area contributed by atoms with Crippen LogP contribution in [0.2, 0.25) is 0 Å². The number of imidazole rings is 1. The van der Waals surface area contributed by atoms with Crippen molar-refractivity contribution < 1.29 is 9.53 Å². The smallest absolute Gasteiger partial charge is 0.260 e. The summed E-state index contributed by atoms with van der Waals surface area (Å²) >= 11 is 3.40. The van der Waals surface area contributed by atoms with Crippen molar-refractivity contribution in [3.63, 3.8) is 0 Å². The molecule has 3 rings (SSSR count). The van der Waals surface area contributed by atoms with Gasteiger partial charge in [-0.2, -0.15) is 5.10 Å². The van der Waals surface area contributed by atoms with Crippen LogP contribution in [0.5, 0.6) is 5.75 Å². The molecule has 2 aromatic carbocycles. The zero-order valence-electron chi connectivity index (χ0n) is 13.9. The summed E-state index contributed by atoms with van der Waals surface area (Å²) in [6.07, 6.45) is 1.56. The van der Waals surface area contributed by atoms with Crippen molar-refractivity contribution in [2.45, 2.75) is 13.5 Å². The molecule has 1 amide bonds. The van der Waals surface area contributed by atoms with Gasteiger partial charge in [-0.25, -0.2) is 10.4 Å². The molecule has 0 aliphatic carbocycles. The largest absolute Gasteiger partial charge is 0.496 e. The highest BCUT2D eigenvalue weighted by Gasteiger charge is 2.10. The molecule has 0 aliphatic heterocycles. The number of fused-ring (bicyclic) bond motifs is 1. The van der Waals surface area contributed by atoms with Gasteiger partial charge in [-0.1, -0.05) is 28.1 Å². The van der Waals surface area contributed by atoms with E-state index in [4.69, 9.17) is 4.74 Å². The monoisotopic (exact) mass is 400 g/mol. The summed E-state index contributed by atoms with van der Waals surface area (Å²) in [4.78, 5) is 16.7. The number of nitrogens with one attached hydrogen (secondary N) is 1. The van der Waals surface area contributed by atoms with Crippen LogP contribution >= 0.6 is 15.9 Å². The number of hydrogen-bond donors (Lipinski definition) is 1. The number of nitrogens with zero attached hydrogens (tertiary/aromatic N) is 3. The van der Waals surface area contributed by atoms with Crippen LogP contribution in [0.1, 0.15) is 11.4 Å². The topological polar surface area (TPSA) is 68.5 Å². The van der Waals surface area contributed by atoms with Crippen molar-refractivity contribution in [2.75, 3.05) is 7.11 Å². The molecule has 0 atom stereocenters. The van der Waals surface area contributed by atoms with Crippen LogP contribution in [0.25, 0.3) is 11.0 Å². The summed E-state index contributed by atoms with van der Waals surface area (Å²) in [5.74, 6) is 1.24. The van der Waals surface area contributed by atoms with E-state index >= 15 is 0 Å². The molecule has 1 aromatic heterocycles. The Morgan fingerprint density at radius 3 is 2.96 bits per heavy atom. The number of carbonyl (C=O) groups excluding carboxylic acids is 1. The summed E-state index contributed by atoms with van der Waals surface area (Å²) in [7, 11) is 1.59. The van der Waals surface area contributed by atoms with Gasteiger partial charge in [0.2, 0.25) is 0 Å². The normalized spacial score (nSPS) is 11.2. The van der Waals surface area contributed by atoms with Crippen LogP contribution in [0.15, 0.2) is 52.0 Å². The van der Waals surface area contributed by atoms with Gasteiger partial charge < -0.3 is 9.30 Å². The zero-order chi connectivity index (χ0) is 17.8. The highest BCUT2D eigenvalue weighted by molar-refractivity contribution is 9.10. The van der Waals surface area contributed by atoms with Gasteiger partial charge in [-0.15, -0.1) is 0 Å². The van der Waals surface area contributed by atoms with Crippen LogP contribution < -0.4 is 10.2 Å². The lowest BCUT2D eigenvalue weighted by Gasteiger charge is -2.06. The summed E-state index contributed by atoms with van der Waals surface area (Å²) in [5, 5.41) is 4.02. The predicted molar refractivity (Wildman–Crippen MR) is 101 cm³/mol. The lowest BCUT2D eigenvalue weighted by Crippen LogP contribution is -2.23. The molecule has 0 fully saturated rings. The minimum Gasteiger partial charge on any atom is -0.496 e. The molecule has 0 saturated carbocycles. The van der Waals surface area contributed by atoms with E-state index in [9.17, 15) is 4.79 Å². The first-order valence-electron chi connectivity index (χ1n) is 7.66. The third-order valence-electron chi connectivity index (χ3n) is 3.73. The second kappa shape index (κ2) is 7.48. The molecule has 6 nitrogen and oxygen atoms in total. The highest BCUT2D eigenvalue weighted by atomic mass is 79.9.